The van der Waals surface area contributed by atoms with Crippen LogP contribution in [-0.4, -0.2) is 28.2 Å². The van der Waals surface area contributed by atoms with Crippen LogP contribution in [0.3, 0.4) is 0 Å². The van der Waals surface area contributed by atoms with Crippen molar-refractivity contribution in [2.75, 3.05) is 24.2 Å². The standard InChI is InChI=1S/C16H14F2N4O/c17-11-2-1-3-12(18)14(11)9-4-5-10-13(8-9)21-16(19)22-15(10)20-6-7-23/h1-5,8,23H,6-7H2,(H3,19,20,21,22). The predicted molar refractivity (Wildman–Crippen MR) is 84.9 cm³/mol. The van der Waals surface area contributed by atoms with Crippen LogP contribution in [0.5, 0.6) is 0 Å². The number of nitrogens with zero attached hydrogens (tertiary/aromatic N) is 2. The van der Waals surface area contributed by atoms with Gasteiger partial charge in [-0.3, -0.25) is 0 Å². The molecule has 0 saturated carbocycles. The Morgan fingerprint density at radius 1 is 1.09 bits per heavy atom. The summed E-state index contributed by atoms with van der Waals surface area (Å²) in [5.74, 6) is -0.804. The van der Waals surface area contributed by atoms with Gasteiger partial charge in [-0.1, -0.05) is 12.1 Å². The Morgan fingerprint density at radius 3 is 2.52 bits per heavy atom. The SMILES string of the molecule is Nc1nc(NCCO)c2ccc(-c3c(F)cccc3F)cc2n1. The lowest BCUT2D eigenvalue weighted by Gasteiger charge is -2.10. The third kappa shape index (κ3) is 2.91. The number of fused-ring (bicyclic) bond motifs is 1. The van der Waals surface area contributed by atoms with Gasteiger partial charge in [0.15, 0.2) is 0 Å². The quantitative estimate of drug-likeness (QED) is 0.689. The summed E-state index contributed by atoms with van der Waals surface area (Å²) in [6.45, 7) is 0.235. The number of nitrogens with two attached hydrogens (primary N) is 1. The maximum Gasteiger partial charge on any atom is 0.222 e. The van der Waals surface area contributed by atoms with E-state index in [-0.39, 0.29) is 18.1 Å². The van der Waals surface area contributed by atoms with Crippen LogP contribution in [0.2, 0.25) is 0 Å². The summed E-state index contributed by atoms with van der Waals surface area (Å²) >= 11 is 0. The van der Waals surface area contributed by atoms with Gasteiger partial charge in [0.2, 0.25) is 5.95 Å². The van der Waals surface area contributed by atoms with E-state index in [0.29, 0.717) is 28.8 Å². The molecule has 1 heterocycles. The van der Waals surface area contributed by atoms with E-state index in [0.717, 1.165) is 0 Å². The minimum atomic E-state index is -0.648. The maximum absolute atomic E-state index is 13.9. The molecule has 118 valence electrons. The van der Waals surface area contributed by atoms with E-state index in [1.165, 1.54) is 18.2 Å². The van der Waals surface area contributed by atoms with Crippen LogP contribution in [0, 0.1) is 11.6 Å². The number of aliphatic hydroxyl groups is 1. The Morgan fingerprint density at radius 2 is 1.83 bits per heavy atom. The summed E-state index contributed by atoms with van der Waals surface area (Å²) in [6, 6.07) is 8.52. The second-order valence-corrected chi connectivity index (χ2v) is 4.91. The van der Waals surface area contributed by atoms with Gasteiger partial charge < -0.3 is 16.2 Å². The van der Waals surface area contributed by atoms with E-state index in [4.69, 9.17) is 10.8 Å². The molecular weight excluding hydrogens is 302 g/mol. The molecule has 0 fully saturated rings. The number of rotatable bonds is 4. The number of nitrogens with one attached hydrogen (secondary N) is 1. The van der Waals surface area contributed by atoms with Crippen LogP contribution in [0.15, 0.2) is 36.4 Å². The molecule has 7 heteroatoms. The van der Waals surface area contributed by atoms with Crippen LogP contribution < -0.4 is 11.1 Å². The van der Waals surface area contributed by atoms with Crippen molar-refractivity contribution in [1.29, 1.82) is 0 Å². The van der Waals surface area contributed by atoms with Crippen LogP contribution in [-0.2, 0) is 0 Å². The number of halogens is 2. The third-order valence-electron chi connectivity index (χ3n) is 3.37. The largest absolute Gasteiger partial charge is 0.395 e. The van der Waals surface area contributed by atoms with Gasteiger partial charge in [0.25, 0.3) is 0 Å². The molecule has 0 unspecified atom stereocenters. The van der Waals surface area contributed by atoms with Crippen LogP contribution in [0.4, 0.5) is 20.5 Å². The van der Waals surface area contributed by atoms with Crippen molar-refractivity contribution in [1.82, 2.24) is 9.97 Å². The van der Waals surface area contributed by atoms with Gasteiger partial charge in [-0.15, -0.1) is 0 Å². The Bertz CT molecular complexity index is 850. The average molecular weight is 316 g/mol. The summed E-state index contributed by atoms with van der Waals surface area (Å²) < 4.78 is 27.8. The molecular formula is C16H14F2N4O. The van der Waals surface area contributed by atoms with Gasteiger partial charge in [-0.25, -0.2) is 13.8 Å². The summed E-state index contributed by atoms with van der Waals surface area (Å²) in [6.07, 6.45) is 0. The molecule has 0 aliphatic rings. The molecule has 0 amide bonds. The fraction of sp³-hybridized carbons (Fsp3) is 0.125. The van der Waals surface area contributed by atoms with Crippen molar-refractivity contribution < 1.29 is 13.9 Å². The lowest BCUT2D eigenvalue weighted by atomic mass is 10.0. The number of hydrogen-bond donors (Lipinski definition) is 3. The molecule has 23 heavy (non-hydrogen) atoms. The minimum absolute atomic E-state index is 0.0316. The zero-order valence-corrected chi connectivity index (χ0v) is 12.1. The first kappa shape index (κ1) is 15.1. The molecule has 0 saturated heterocycles. The summed E-state index contributed by atoms with van der Waals surface area (Å²) in [7, 11) is 0. The monoisotopic (exact) mass is 316 g/mol. The number of hydrogen-bond acceptors (Lipinski definition) is 5. The van der Waals surface area contributed by atoms with E-state index >= 15 is 0 Å². The fourth-order valence-electron chi connectivity index (χ4n) is 2.39. The molecule has 3 rings (SSSR count). The molecule has 0 bridgehead atoms. The first-order valence-corrected chi connectivity index (χ1v) is 6.96. The van der Waals surface area contributed by atoms with E-state index < -0.39 is 11.6 Å². The van der Waals surface area contributed by atoms with Gasteiger partial charge >= 0.3 is 0 Å². The van der Waals surface area contributed by atoms with Crippen LogP contribution in [0.1, 0.15) is 0 Å². The Balaban J connectivity index is 2.16. The normalized spacial score (nSPS) is 10.9. The van der Waals surface area contributed by atoms with E-state index in [1.54, 1.807) is 18.2 Å². The molecule has 0 aliphatic heterocycles. The summed E-state index contributed by atoms with van der Waals surface area (Å²) in [5.41, 5.74) is 6.37. The first-order valence-electron chi connectivity index (χ1n) is 6.96. The fourth-order valence-corrected chi connectivity index (χ4v) is 2.39. The highest BCUT2D eigenvalue weighted by Crippen LogP contribution is 2.30. The molecule has 0 spiro atoms. The second-order valence-electron chi connectivity index (χ2n) is 4.91. The zero-order chi connectivity index (χ0) is 16.4. The number of anilines is 2. The lowest BCUT2D eigenvalue weighted by Crippen LogP contribution is -2.09. The topological polar surface area (TPSA) is 84.1 Å². The Labute approximate surface area is 130 Å². The number of benzene rings is 2. The van der Waals surface area contributed by atoms with Gasteiger partial charge in [0.05, 0.1) is 17.7 Å². The number of aliphatic hydroxyl groups excluding tert-OH is 1. The van der Waals surface area contributed by atoms with Crippen molar-refractivity contribution >= 4 is 22.7 Å². The Kier molecular flexibility index (Phi) is 4.03. The third-order valence-corrected chi connectivity index (χ3v) is 3.37. The molecule has 0 atom stereocenters. The van der Waals surface area contributed by atoms with Gasteiger partial charge in [-0.2, -0.15) is 4.98 Å². The predicted octanol–water partition coefficient (Wildman–Crippen LogP) is 2.56. The van der Waals surface area contributed by atoms with E-state index in [2.05, 4.69) is 15.3 Å². The molecule has 2 aromatic carbocycles. The minimum Gasteiger partial charge on any atom is -0.395 e. The van der Waals surface area contributed by atoms with E-state index in [1.807, 2.05) is 0 Å². The highest BCUT2D eigenvalue weighted by Gasteiger charge is 2.13. The molecule has 1 aromatic heterocycles. The van der Waals surface area contributed by atoms with Crippen molar-refractivity contribution in [2.45, 2.75) is 0 Å². The van der Waals surface area contributed by atoms with Crippen molar-refractivity contribution in [3.8, 4) is 11.1 Å². The Hall–Kier alpha value is -2.80. The smallest absolute Gasteiger partial charge is 0.222 e. The van der Waals surface area contributed by atoms with Crippen LogP contribution in [0.25, 0.3) is 22.0 Å². The first-order chi connectivity index (χ1) is 11.1. The van der Waals surface area contributed by atoms with Crippen molar-refractivity contribution in [3.63, 3.8) is 0 Å². The number of nitrogen functional groups attached to an aromatic ring is 1. The molecule has 0 aliphatic carbocycles. The van der Waals surface area contributed by atoms with Crippen LogP contribution >= 0.6 is 0 Å². The lowest BCUT2D eigenvalue weighted by molar-refractivity contribution is 0.311. The van der Waals surface area contributed by atoms with Crippen molar-refractivity contribution in [3.05, 3.63) is 48.0 Å². The van der Waals surface area contributed by atoms with Gasteiger partial charge in [0.1, 0.15) is 17.5 Å². The molecule has 4 N–H and O–H groups in total. The number of aromatic nitrogens is 2. The molecule has 0 radical (unpaired) electrons. The zero-order valence-electron chi connectivity index (χ0n) is 12.1. The van der Waals surface area contributed by atoms with Gasteiger partial charge in [-0.05, 0) is 29.8 Å². The highest BCUT2D eigenvalue weighted by atomic mass is 19.1. The summed E-state index contributed by atoms with van der Waals surface area (Å²) in [4.78, 5) is 8.18. The molecule has 5 nitrogen and oxygen atoms in total. The van der Waals surface area contributed by atoms with E-state index in [9.17, 15) is 8.78 Å². The second kappa shape index (κ2) is 6.13. The highest BCUT2D eigenvalue weighted by molar-refractivity contribution is 5.93. The maximum atomic E-state index is 13.9. The van der Waals surface area contributed by atoms with Gasteiger partial charge in [0, 0.05) is 11.9 Å². The van der Waals surface area contributed by atoms with Crippen molar-refractivity contribution in [2.24, 2.45) is 0 Å². The average Bonchev–Trinajstić information content (AvgIpc) is 2.52. The summed E-state index contributed by atoms with van der Waals surface area (Å²) in [5, 5.41) is 12.5. The molecule has 3 aromatic rings.